The van der Waals surface area contributed by atoms with Crippen molar-refractivity contribution in [2.45, 2.75) is 51.1 Å². The first-order valence-electron chi connectivity index (χ1n) is 9.68. The van der Waals surface area contributed by atoms with Crippen LogP contribution >= 0.6 is 28.1 Å². The summed E-state index contributed by atoms with van der Waals surface area (Å²) in [5.74, 6) is -1.000. The van der Waals surface area contributed by atoms with Crippen molar-refractivity contribution < 1.29 is 9.90 Å². The molecule has 1 saturated carbocycles. The zero-order chi connectivity index (χ0) is 19.7. The van der Waals surface area contributed by atoms with Gasteiger partial charge < -0.3 is 15.3 Å². The number of aromatic carboxylic acids is 1. The Labute approximate surface area is 178 Å². The number of halogens is 1. The third-order valence-corrected chi connectivity index (χ3v) is 6.46. The average molecular weight is 463 g/mol. The van der Waals surface area contributed by atoms with Gasteiger partial charge in [-0.25, -0.2) is 9.48 Å². The van der Waals surface area contributed by atoms with Crippen molar-refractivity contribution >= 4 is 39.2 Å². The third kappa shape index (κ3) is 3.93. The maximum atomic E-state index is 11.8. The lowest BCUT2D eigenvalue weighted by Crippen LogP contribution is -2.47. The Balaban J connectivity index is 1.58. The number of carbonyl (C=O) groups is 1. The highest BCUT2D eigenvalue weighted by molar-refractivity contribution is 9.10. The molecule has 2 heterocycles. The molecule has 6 nitrogen and oxygen atoms in total. The molecule has 1 fully saturated rings. The molecule has 8 heteroatoms. The minimum atomic E-state index is -1.000. The van der Waals surface area contributed by atoms with E-state index in [2.05, 4.69) is 31.2 Å². The molecule has 1 aliphatic carbocycles. The largest absolute Gasteiger partial charge is 0.476 e. The molecular weight excluding hydrogens is 440 g/mol. The SMILES string of the molecule is O=C(O)c1nn(-c2ccc(Br)cc2)c2c1CN(C(=S)NC1CCCCC1)CC2. The molecule has 2 aliphatic rings. The van der Waals surface area contributed by atoms with E-state index in [1.807, 2.05) is 24.3 Å². The van der Waals surface area contributed by atoms with Crippen molar-refractivity contribution in [1.82, 2.24) is 20.0 Å². The molecule has 148 valence electrons. The lowest BCUT2D eigenvalue weighted by molar-refractivity contribution is 0.0688. The quantitative estimate of drug-likeness (QED) is 0.673. The number of hydrogen-bond donors (Lipinski definition) is 2. The van der Waals surface area contributed by atoms with Crippen LogP contribution < -0.4 is 5.32 Å². The van der Waals surface area contributed by atoms with E-state index < -0.39 is 5.97 Å². The van der Waals surface area contributed by atoms with Gasteiger partial charge in [-0.1, -0.05) is 35.2 Å². The van der Waals surface area contributed by atoms with Gasteiger partial charge in [-0.05, 0) is 49.3 Å². The molecule has 1 aromatic carbocycles. The molecule has 0 unspecified atom stereocenters. The average Bonchev–Trinajstić information content (AvgIpc) is 3.08. The van der Waals surface area contributed by atoms with Crippen molar-refractivity contribution in [3.63, 3.8) is 0 Å². The molecule has 28 heavy (non-hydrogen) atoms. The van der Waals surface area contributed by atoms with E-state index in [9.17, 15) is 9.90 Å². The zero-order valence-corrected chi connectivity index (χ0v) is 17.9. The normalized spacial score (nSPS) is 17.2. The number of benzene rings is 1. The Bertz CT molecular complexity index is 890. The van der Waals surface area contributed by atoms with Crippen molar-refractivity contribution in [1.29, 1.82) is 0 Å². The molecule has 0 amide bonds. The molecule has 0 bridgehead atoms. The van der Waals surface area contributed by atoms with Crippen LogP contribution in [0.25, 0.3) is 5.69 Å². The molecule has 0 radical (unpaired) electrons. The second-order valence-electron chi connectivity index (χ2n) is 7.42. The van der Waals surface area contributed by atoms with Gasteiger partial charge in [0.1, 0.15) is 0 Å². The van der Waals surface area contributed by atoms with Crippen molar-refractivity contribution in [2.75, 3.05) is 6.54 Å². The van der Waals surface area contributed by atoms with E-state index in [0.717, 1.165) is 45.9 Å². The molecule has 0 saturated heterocycles. The lowest BCUT2D eigenvalue weighted by Gasteiger charge is -2.33. The maximum absolute atomic E-state index is 11.8. The number of carboxylic acid groups (broad SMARTS) is 1. The monoisotopic (exact) mass is 462 g/mol. The van der Waals surface area contributed by atoms with Gasteiger partial charge in [0.05, 0.1) is 11.4 Å². The fraction of sp³-hybridized carbons (Fsp3) is 0.450. The van der Waals surface area contributed by atoms with Crippen LogP contribution in [0.5, 0.6) is 0 Å². The van der Waals surface area contributed by atoms with E-state index >= 15 is 0 Å². The molecular formula is C20H23BrN4O2S. The van der Waals surface area contributed by atoms with Gasteiger partial charge in [0.2, 0.25) is 0 Å². The van der Waals surface area contributed by atoms with Crippen LogP contribution in [-0.2, 0) is 13.0 Å². The first-order chi connectivity index (χ1) is 13.5. The van der Waals surface area contributed by atoms with Crippen LogP contribution in [0.4, 0.5) is 0 Å². The highest BCUT2D eigenvalue weighted by atomic mass is 79.9. The van der Waals surface area contributed by atoms with Gasteiger partial charge in [-0.2, -0.15) is 5.10 Å². The summed E-state index contributed by atoms with van der Waals surface area (Å²) in [7, 11) is 0. The summed E-state index contributed by atoms with van der Waals surface area (Å²) in [6.07, 6.45) is 6.80. The van der Waals surface area contributed by atoms with E-state index in [1.54, 1.807) is 4.68 Å². The predicted octanol–water partition coefficient (Wildman–Crippen LogP) is 3.90. The fourth-order valence-electron chi connectivity index (χ4n) is 4.07. The molecule has 1 aliphatic heterocycles. The Morgan fingerprint density at radius 1 is 1.21 bits per heavy atom. The van der Waals surface area contributed by atoms with Gasteiger partial charge >= 0.3 is 5.97 Å². The first kappa shape index (κ1) is 19.4. The Hall–Kier alpha value is -1.93. The van der Waals surface area contributed by atoms with Crippen molar-refractivity contribution in [3.05, 3.63) is 45.7 Å². The number of thiocarbonyl (C=S) groups is 1. The smallest absolute Gasteiger partial charge is 0.356 e. The fourth-order valence-corrected chi connectivity index (χ4v) is 4.66. The highest BCUT2D eigenvalue weighted by Crippen LogP contribution is 2.27. The van der Waals surface area contributed by atoms with Crippen LogP contribution in [0.1, 0.15) is 53.8 Å². The first-order valence-corrected chi connectivity index (χ1v) is 10.9. The standard InChI is InChI=1S/C20H23BrN4O2S/c21-13-6-8-15(9-7-13)25-17-10-11-24(12-16(17)18(23-25)19(26)27)20(28)22-14-4-2-1-3-5-14/h6-9,14H,1-5,10-12H2,(H,22,28)(H,26,27). The number of rotatable bonds is 3. The zero-order valence-electron chi connectivity index (χ0n) is 15.5. The van der Waals surface area contributed by atoms with E-state index in [0.29, 0.717) is 19.0 Å². The Morgan fingerprint density at radius 2 is 1.93 bits per heavy atom. The molecule has 1 aromatic heterocycles. The third-order valence-electron chi connectivity index (χ3n) is 5.55. The topological polar surface area (TPSA) is 70.4 Å². The summed E-state index contributed by atoms with van der Waals surface area (Å²) >= 11 is 9.08. The maximum Gasteiger partial charge on any atom is 0.356 e. The minimum Gasteiger partial charge on any atom is -0.476 e. The van der Waals surface area contributed by atoms with Gasteiger partial charge in [-0.15, -0.1) is 0 Å². The summed E-state index contributed by atoms with van der Waals surface area (Å²) in [6, 6.07) is 8.17. The molecule has 0 spiro atoms. The summed E-state index contributed by atoms with van der Waals surface area (Å²) in [5.41, 5.74) is 2.69. The summed E-state index contributed by atoms with van der Waals surface area (Å²) in [5, 5.41) is 18.3. The Morgan fingerprint density at radius 3 is 2.61 bits per heavy atom. The summed E-state index contributed by atoms with van der Waals surface area (Å²) in [4.78, 5) is 13.9. The second-order valence-corrected chi connectivity index (χ2v) is 8.73. The number of nitrogens with one attached hydrogen (secondary N) is 1. The molecule has 4 rings (SSSR count). The van der Waals surface area contributed by atoms with E-state index in [-0.39, 0.29) is 5.69 Å². The van der Waals surface area contributed by atoms with Gasteiger partial charge in [0.25, 0.3) is 0 Å². The highest BCUT2D eigenvalue weighted by Gasteiger charge is 2.30. The number of nitrogens with zero attached hydrogens (tertiary/aromatic N) is 3. The van der Waals surface area contributed by atoms with Gasteiger partial charge in [0, 0.05) is 35.6 Å². The van der Waals surface area contributed by atoms with Gasteiger partial charge in [0.15, 0.2) is 10.8 Å². The predicted molar refractivity (Wildman–Crippen MR) is 115 cm³/mol. The Kier molecular flexibility index (Phi) is 5.68. The number of hydrogen-bond acceptors (Lipinski definition) is 3. The summed E-state index contributed by atoms with van der Waals surface area (Å²) < 4.78 is 2.74. The van der Waals surface area contributed by atoms with E-state index in [1.165, 1.54) is 19.3 Å². The number of carboxylic acids is 1. The van der Waals surface area contributed by atoms with Crippen LogP contribution in [0.15, 0.2) is 28.7 Å². The molecule has 2 N–H and O–H groups in total. The van der Waals surface area contributed by atoms with Crippen molar-refractivity contribution in [3.8, 4) is 5.69 Å². The van der Waals surface area contributed by atoms with Gasteiger partial charge in [-0.3, -0.25) is 0 Å². The molecule has 0 atom stereocenters. The number of fused-ring (bicyclic) bond motifs is 1. The van der Waals surface area contributed by atoms with Crippen LogP contribution in [0.2, 0.25) is 0 Å². The van der Waals surface area contributed by atoms with Crippen LogP contribution in [0, 0.1) is 0 Å². The second kappa shape index (κ2) is 8.21. The number of aromatic nitrogens is 2. The van der Waals surface area contributed by atoms with Crippen molar-refractivity contribution in [2.24, 2.45) is 0 Å². The van der Waals surface area contributed by atoms with Crippen LogP contribution in [0.3, 0.4) is 0 Å². The van der Waals surface area contributed by atoms with Crippen LogP contribution in [-0.4, -0.2) is 43.5 Å². The minimum absolute atomic E-state index is 0.114. The lowest BCUT2D eigenvalue weighted by atomic mass is 9.96. The summed E-state index contributed by atoms with van der Waals surface area (Å²) in [6.45, 7) is 1.24. The van der Waals surface area contributed by atoms with E-state index in [4.69, 9.17) is 12.2 Å². The molecule has 2 aromatic rings.